The molecule has 2 aliphatic heterocycles. The largest absolute Gasteiger partial charge is 0.394 e. The molecule has 1 amide bonds. The van der Waals surface area contributed by atoms with Gasteiger partial charge in [0.15, 0.2) is 12.6 Å². The monoisotopic (exact) mass is 663 g/mol. The summed E-state index contributed by atoms with van der Waals surface area (Å²) in [6.07, 6.45) is 6.04. The summed E-state index contributed by atoms with van der Waals surface area (Å²) in [6, 6.07) is -1.22. The van der Waals surface area contributed by atoms with E-state index >= 15 is 0 Å². The van der Waals surface area contributed by atoms with Crippen molar-refractivity contribution >= 4 is 5.91 Å². The van der Waals surface area contributed by atoms with Crippen molar-refractivity contribution in [2.75, 3.05) is 19.8 Å². The van der Waals surface area contributed by atoms with Crippen LogP contribution in [0.1, 0.15) is 74.1 Å². The minimum Gasteiger partial charge on any atom is -0.394 e. The fourth-order valence-corrected chi connectivity index (χ4v) is 6.51. The van der Waals surface area contributed by atoms with Crippen molar-refractivity contribution in [1.29, 1.82) is 0 Å². The Hall–Kier alpha value is -2.19. The minimum absolute atomic E-state index is 0.0205. The molecule has 2 fully saturated rings. The molecule has 11 heteroatoms. The second-order valence-corrected chi connectivity index (χ2v) is 13.6. The summed E-state index contributed by atoms with van der Waals surface area (Å²) in [5.74, 6) is -0.990. The Labute approximate surface area is 279 Å². The number of ether oxygens (including phenoxy) is 4. The first-order valence-electron chi connectivity index (χ1n) is 16.8. The lowest BCUT2D eigenvalue weighted by molar-refractivity contribution is -0.337. The molecule has 5 unspecified atom stereocenters. The molecule has 0 aromatic heterocycles. The fourth-order valence-electron chi connectivity index (χ4n) is 6.51. The number of hydrogen-bond donors (Lipinski definition) is 6. The molecule has 3 rings (SSSR count). The van der Waals surface area contributed by atoms with Gasteiger partial charge >= 0.3 is 0 Å². The molecule has 2 saturated heterocycles. The van der Waals surface area contributed by atoms with Gasteiger partial charge in [-0.1, -0.05) is 73.9 Å². The van der Waals surface area contributed by atoms with Gasteiger partial charge in [-0.3, -0.25) is 4.79 Å². The van der Waals surface area contributed by atoms with Crippen molar-refractivity contribution < 1.29 is 49.3 Å². The van der Waals surface area contributed by atoms with Crippen LogP contribution in [0.15, 0.2) is 58.7 Å². The quantitative estimate of drug-likeness (QED) is 0.161. The maximum Gasteiger partial charge on any atom is 0.224 e. The SMILES string of the molecule is CCO[C@@H]1C(C)C(O)OC(CO)[C@@H]1O[C@@H]1OC(CO)[C@H](O)[C@H](O)C1NC(=O)C/C=C(C)/C=C/C=C(C)/C=C/C1=C(C)CCCC1(C)C. The third-order valence-corrected chi connectivity index (χ3v) is 9.39. The second kappa shape index (κ2) is 18.0. The van der Waals surface area contributed by atoms with E-state index < -0.39 is 80.3 Å². The highest BCUT2D eigenvalue weighted by Crippen LogP contribution is 2.41. The second-order valence-electron chi connectivity index (χ2n) is 13.6. The molecule has 2 heterocycles. The third-order valence-electron chi connectivity index (χ3n) is 9.39. The Kier molecular flexibility index (Phi) is 15.0. The summed E-state index contributed by atoms with van der Waals surface area (Å²) >= 11 is 0. The van der Waals surface area contributed by atoms with Gasteiger partial charge in [-0.2, -0.15) is 0 Å². The molecule has 0 bridgehead atoms. The molecule has 266 valence electrons. The Bertz CT molecular complexity index is 1190. The van der Waals surface area contributed by atoms with Crippen LogP contribution in [0.5, 0.6) is 0 Å². The molecule has 0 saturated carbocycles. The summed E-state index contributed by atoms with van der Waals surface area (Å²) in [5.41, 5.74) is 5.00. The van der Waals surface area contributed by atoms with Gasteiger partial charge in [-0.25, -0.2) is 0 Å². The summed E-state index contributed by atoms with van der Waals surface area (Å²) in [5, 5.41) is 54.3. The first kappa shape index (κ1) is 39.3. The van der Waals surface area contributed by atoms with Gasteiger partial charge in [0.05, 0.1) is 19.3 Å². The van der Waals surface area contributed by atoms with Crippen LogP contribution < -0.4 is 5.32 Å². The molecule has 0 aromatic rings. The average molecular weight is 664 g/mol. The summed E-state index contributed by atoms with van der Waals surface area (Å²) in [6.45, 7) is 13.4. The van der Waals surface area contributed by atoms with Gasteiger partial charge in [0.1, 0.15) is 36.6 Å². The van der Waals surface area contributed by atoms with E-state index in [9.17, 15) is 30.3 Å². The standard InChI is InChI=1S/C36H57NO10/c1-8-44-32-24(5)34(43)45-27(20-39)33(32)47-35-29(31(42)30(41)26(19-38)46-35)37-28(40)17-15-22(3)12-9-11-21(2)14-16-25-23(4)13-10-18-36(25,6)7/h9,11-12,14-16,24,26-27,29-35,38-39,41-43H,8,10,13,17-20H2,1-7H3,(H,37,40)/b12-9+,16-14+,21-11+,22-15+/t24?,26?,27?,29?,30-,31+,32+,33-,34?,35-/m0/s1. The molecule has 3 aliphatic rings. The van der Waals surface area contributed by atoms with E-state index in [2.05, 4.69) is 38.2 Å². The smallest absolute Gasteiger partial charge is 0.224 e. The van der Waals surface area contributed by atoms with Crippen LogP contribution in [0.25, 0.3) is 0 Å². The van der Waals surface area contributed by atoms with Gasteiger partial charge in [0.25, 0.3) is 0 Å². The predicted octanol–water partition coefficient (Wildman–Crippen LogP) is 2.97. The van der Waals surface area contributed by atoms with Crippen molar-refractivity contribution in [3.63, 3.8) is 0 Å². The molecular weight excluding hydrogens is 606 g/mol. The van der Waals surface area contributed by atoms with Gasteiger partial charge in [-0.05, 0) is 57.9 Å². The molecule has 0 spiro atoms. The van der Waals surface area contributed by atoms with Crippen molar-refractivity contribution in [3.8, 4) is 0 Å². The first-order valence-corrected chi connectivity index (χ1v) is 16.8. The molecule has 47 heavy (non-hydrogen) atoms. The molecule has 10 atom stereocenters. The van der Waals surface area contributed by atoms with Gasteiger partial charge < -0.3 is 49.8 Å². The van der Waals surface area contributed by atoms with E-state index in [1.165, 1.54) is 24.0 Å². The Morgan fingerprint density at radius 1 is 1.02 bits per heavy atom. The minimum atomic E-state index is -1.54. The molecule has 0 aromatic carbocycles. The van der Waals surface area contributed by atoms with Gasteiger partial charge in [-0.15, -0.1) is 0 Å². The number of hydrogen-bond acceptors (Lipinski definition) is 10. The van der Waals surface area contributed by atoms with Crippen molar-refractivity contribution in [3.05, 3.63) is 58.7 Å². The lowest BCUT2D eigenvalue weighted by Gasteiger charge is -2.48. The van der Waals surface area contributed by atoms with E-state index in [1.54, 1.807) is 19.9 Å². The van der Waals surface area contributed by atoms with Crippen LogP contribution in [-0.2, 0) is 23.7 Å². The summed E-state index contributed by atoms with van der Waals surface area (Å²) in [4.78, 5) is 13.1. The first-order chi connectivity index (χ1) is 22.2. The topological polar surface area (TPSA) is 167 Å². The predicted molar refractivity (Wildman–Crippen MR) is 178 cm³/mol. The number of aliphatic hydroxyl groups is 5. The van der Waals surface area contributed by atoms with Crippen LogP contribution in [0.2, 0.25) is 0 Å². The molecule has 6 N–H and O–H groups in total. The van der Waals surface area contributed by atoms with Crippen LogP contribution in [0.4, 0.5) is 0 Å². The van der Waals surface area contributed by atoms with Crippen LogP contribution in [0, 0.1) is 11.3 Å². The van der Waals surface area contributed by atoms with E-state index in [0.29, 0.717) is 0 Å². The van der Waals surface area contributed by atoms with Crippen molar-refractivity contribution in [2.45, 2.75) is 129 Å². The van der Waals surface area contributed by atoms with Crippen LogP contribution >= 0.6 is 0 Å². The lowest BCUT2D eigenvalue weighted by Crippen LogP contribution is -2.67. The Morgan fingerprint density at radius 3 is 2.36 bits per heavy atom. The number of carbonyl (C=O) groups is 1. The van der Waals surface area contributed by atoms with E-state index in [1.807, 2.05) is 32.1 Å². The Morgan fingerprint density at radius 2 is 1.72 bits per heavy atom. The number of amides is 1. The summed E-state index contributed by atoms with van der Waals surface area (Å²) in [7, 11) is 0. The highest BCUT2D eigenvalue weighted by molar-refractivity contribution is 5.78. The maximum atomic E-state index is 13.1. The highest BCUT2D eigenvalue weighted by atomic mass is 16.7. The van der Waals surface area contributed by atoms with E-state index in [4.69, 9.17) is 18.9 Å². The number of nitrogens with one attached hydrogen (secondary N) is 1. The van der Waals surface area contributed by atoms with Crippen LogP contribution in [0.3, 0.4) is 0 Å². The number of aliphatic hydroxyl groups excluding tert-OH is 5. The third kappa shape index (κ3) is 10.4. The summed E-state index contributed by atoms with van der Waals surface area (Å²) < 4.78 is 23.3. The fraction of sp³-hybridized carbons (Fsp3) is 0.694. The van der Waals surface area contributed by atoms with Gasteiger partial charge in [0, 0.05) is 18.9 Å². The number of rotatable bonds is 13. The zero-order valence-corrected chi connectivity index (χ0v) is 29.0. The van der Waals surface area contributed by atoms with E-state index in [0.717, 1.165) is 17.6 Å². The molecule has 1 aliphatic carbocycles. The zero-order valence-electron chi connectivity index (χ0n) is 29.0. The van der Waals surface area contributed by atoms with E-state index in [-0.39, 0.29) is 18.4 Å². The maximum absolute atomic E-state index is 13.1. The molecular formula is C36H57NO10. The van der Waals surface area contributed by atoms with Gasteiger partial charge in [0.2, 0.25) is 5.91 Å². The lowest BCUT2D eigenvalue weighted by atomic mass is 9.72. The normalized spacial score (nSPS) is 35.6. The average Bonchev–Trinajstić information content (AvgIpc) is 3.02. The Balaban J connectivity index is 1.68. The number of carbonyl (C=O) groups excluding carboxylic acids is 1. The highest BCUT2D eigenvalue weighted by Gasteiger charge is 2.51. The van der Waals surface area contributed by atoms with Crippen molar-refractivity contribution in [1.82, 2.24) is 5.32 Å². The number of allylic oxidation sites excluding steroid dienone is 9. The molecule has 0 radical (unpaired) electrons. The van der Waals surface area contributed by atoms with Crippen molar-refractivity contribution in [2.24, 2.45) is 11.3 Å². The molecule has 11 nitrogen and oxygen atoms in total. The van der Waals surface area contributed by atoms with Crippen LogP contribution in [-0.4, -0.2) is 107 Å². The zero-order chi connectivity index (χ0) is 34.9.